The number of likely N-dealkylation sites (tertiary alicyclic amines) is 2. The van der Waals surface area contributed by atoms with Gasteiger partial charge in [-0.1, -0.05) is 5.16 Å². The normalized spacial score (nSPS) is 24.0. The average Bonchev–Trinajstić information content (AvgIpc) is 3.02. The molecule has 2 aliphatic heterocycles. The van der Waals surface area contributed by atoms with Crippen LogP contribution in [-0.2, 0) is 11.3 Å². The first-order chi connectivity index (χ1) is 12.0. The van der Waals surface area contributed by atoms with Gasteiger partial charge in [0.25, 0.3) is 0 Å². The summed E-state index contributed by atoms with van der Waals surface area (Å²) in [5.41, 5.74) is 0.735. The summed E-state index contributed by atoms with van der Waals surface area (Å²) >= 11 is 0. The molecule has 2 fully saturated rings. The Balaban J connectivity index is 1.58. The first-order valence-corrected chi connectivity index (χ1v) is 8.85. The van der Waals surface area contributed by atoms with Crippen molar-refractivity contribution in [1.82, 2.24) is 20.3 Å². The molecule has 2 aliphatic rings. The highest BCUT2D eigenvalue weighted by Gasteiger charge is 2.42. The first kappa shape index (κ1) is 17.7. The molecule has 8 heteroatoms. The van der Waals surface area contributed by atoms with Crippen LogP contribution < -0.4 is 5.32 Å². The molecule has 8 nitrogen and oxygen atoms in total. The molecular formula is C17H26N4O4. The summed E-state index contributed by atoms with van der Waals surface area (Å²) in [7, 11) is 0. The minimum atomic E-state index is -0.112. The van der Waals surface area contributed by atoms with E-state index in [-0.39, 0.29) is 24.0 Å². The number of carbonyl (C=O) groups is 2. The number of piperidine rings is 2. The fraction of sp³-hybridized carbons (Fsp3) is 0.706. The van der Waals surface area contributed by atoms with Gasteiger partial charge in [0.2, 0.25) is 5.91 Å². The number of β-amino-alcohol motifs (C(OH)–C–C–N with tert-alkyl or cyclic N) is 1. The van der Waals surface area contributed by atoms with Crippen LogP contribution in [0.1, 0.15) is 37.1 Å². The summed E-state index contributed by atoms with van der Waals surface area (Å²) in [6, 6.07) is 1.69. The van der Waals surface area contributed by atoms with Gasteiger partial charge in [-0.2, -0.15) is 0 Å². The highest BCUT2D eigenvalue weighted by Crippen LogP contribution is 2.38. The van der Waals surface area contributed by atoms with E-state index in [0.29, 0.717) is 38.4 Å². The smallest absolute Gasteiger partial charge is 0.317 e. The van der Waals surface area contributed by atoms with Gasteiger partial charge in [-0.05, 0) is 26.2 Å². The van der Waals surface area contributed by atoms with Gasteiger partial charge in [0, 0.05) is 44.1 Å². The zero-order valence-corrected chi connectivity index (χ0v) is 14.7. The third-order valence-electron chi connectivity index (χ3n) is 5.16. The maximum atomic E-state index is 12.5. The van der Waals surface area contributed by atoms with Crippen LogP contribution >= 0.6 is 0 Å². The summed E-state index contributed by atoms with van der Waals surface area (Å²) in [5.74, 6) is 0.733. The van der Waals surface area contributed by atoms with Crippen molar-refractivity contribution in [3.63, 3.8) is 0 Å². The molecule has 0 aromatic carbocycles. The first-order valence-electron chi connectivity index (χ1n) is 8.85. The van der Waals surface area contributed by atoms with Crippen LogP contribution in [-0.4, -0.2) is 64.8 Å². The Morgan fingerprint density at radius 3 is 3.00 bits per heavy atom. The van der Waals surface area contributed by atoms with Crippen molar-refractivity contribution < 1.29 is 19.2 Å². The summed E-state index contributed by atoms with van der Waals surface area (Å²) in [5, 5.41) is 15.9. The molecule has 1 aromatic rings. The van der Waals surface area contributed by atoms with Crippen LogP contribution in [0.4, 0.5) is 4.79 Å². The largest absolute Gasteiger partial charge is 0.395 e. The Morgan fingerprint density at radius 2 is 2.28 bits per heavy atom. The standard InChI is InChI=1S/C17H26N4O4/c1-13-9-14(25-19-13)10-18-16(24)21-6-2-4-17(12-21)5-3-15(23)20(11-17)7-8-22/h9,22H,2-8,10-12H2,1H3,(H,18,24). The average molecular weight is 350 g/mol. The monoisotopic (exact) mass is 350 g/mol. The minimum Gasteiger partial charge on any atom is -0.395 e. The maximum Gasteiger partial charge on any atom is 0.317 e. The van der Waals surface area contributed by atoms with Crippen LogP contribution in [0.5, 0.6) is 0 Å². The van der Waals surface area contributed by atoms with Gasteiger partial charge in [0.15, 0.2) is 5.76 Å². The lowest BCUT2D eigenvalue weighted by atomic mass is 9.73. The van der Waals surface area contributed by atoms with Crippen LogP contribution in [0.25, 0.3) is 0 Å². The highest BCUT2D eigenvalue weighted by molar-refractivity contribution is 5.77. The van der Waals surface area contributed by atoms with Crippen LogP contribution in [0.2, 0.25) is 0 Å². The molecule has 1 atom stereocenters. The van der Waals surface area contributed by atoms with E-state index < -0.39 is 0 Å². The summed E-state index contributed by atoms with van der Waals surface area (Å²) in [4.78, 5) is 28.1. The van der Waals surface area contributed by atoms with Crippen molar-refractivity contribution in [3.8, 4) is 0 Å². The van der Waals surface area contributed by atoms with Crippen molar-refractivity contribution >= 4 is 11.9 Å². The lowest BCUT2D eigenvalue weighted by Crippen LogP contribution is -2.56. The number of urea groups is 1. The highest BCUT2D eigenvalue weighted by atomic mass is 16.5. The number of aliphatic hydroxyl groups is 1. The van der Waals surface area contributed by atoms with Crippen molar-refractivity contribution in [2.75, 3.05) is 32.8 Å². The van der Waals surface area contributed by atoms with Gasteiger partial charge >= 0.3 is 6.03 Å². The minimum absolute atomic E-state index is 0.0252. The molecule has 1 aromatic heterocycles. The van der Waals surface area contributed by atoms with Crippen LogP contribution in [0, 0.1) is 12.3 Å². The van der Waals surface area contributed by atoms with E-state index in [1.54, 1.807) is 11.0 Å². The molecule has 1 spiro atoms. The number of aliphatic hydroxyl groups excluding tert-OH is 1. The quantitative estimate of drug-likeness (QED) is 0.840. The third-order valence-corrected chi connectivity index (χ3v) is 5.16. The van der Waals surface area contributed by atoms with E-state index in [2.05, 4.69) is 10.5 Å². The Hall–Kier alpha value is -2.09. The number of aryl methyl sites for hydroxylation is 1. The molecule has 3 amide bonds. The van der Waals surface area contributed by atoms with Gasteiger partial charge in [-0.25, -0.2) is 4.79 Å². The van der Waals surface area contributed by atoms with E-state index in [4.69, 9.17) is 9.63 Å². The van der Waals surface area contributed by atoms with Gasteiger partial charge < -0.3 is 24.7 Å². The SMILES string of the molecule is Cc1cc(CNC(=O)N2CCCC3(CCC(=O)N(CCO)C3)C2)on1. The molecule has 3 heterocycles. The van der Waals surface area contributed by atoms with E-state index >= 15 is 0 Å². The second kappa shape index (κ2) is 7.43. The van der Waals surface area contributed by atoms with E-state index in [1.807, 2.05) is 11.8 Å². The zero-order valence-electron chi connectivity index (χ0n) is 14.7. The number of amides is 3. The van der Waals surface area contributed by atoms with Gasteiger partial charge in [0.1, 0.15) is 0 Å². The Labute approximate surface area is 147 Å². The molecule has 25 heavy (non-hydrogen) atoms. The molecule has 0 aliphatic carbocycles. The van der Waals surface area contributed by atoms with Crippen LogP contribution in [0.15, 0.2) is 10.6 Å². The Morgan fingerprint density at radius 1 is 1.44 bits per heavy atom. The molecule has 138 valence electrons. The predicted molar refractivity (Wildman–Crippen MR) is 89.6 cm³/mol. The number of nitrogens with zero attached hydrogens (tertiary/aromatic N) is 3. The molecule has 0 bridgehead atoms. The number of carbonyl (C=O) groups excluding carboxylic acids is 2. The van der Waals surface area contributed by atoms with Gasteiger partial charge in [0.05, 0.1) is 18.8 Å². The number of hydrogen-bond donors (Lipinski definition) is 2. The van der Waals surface area contributed by atoms with Gasteiger partial charge in [-0.15, -0.1) is 0 Å². The van der Waals surface area contributed by atoms with E-state index in [1.165, 1.54) is 0 Å². The second-order valence-electron chi connectivity index (χ2n) is 7.16. The number of nitrogens with one attached hydrogen (secondary N) is 1. The fourth-order valence-electron chi connectivity index (χ4n) is 3.92. The number of hydrogen-bond acceptors (Lipinski definition) is 5. The molecular weight excluding hydrogens is 324 g/mol. The Bertz CT molecular complexity index is 632. The van der Waals surface area contributed by atoms with E-state index in [9.17, 15) is 9.59 Å². The second-order valence-corrected chi connectivity index (χ2v) is 7.16. The van der Waals surface area contributed by atoms with Crippen molar-refractivity contribution in [2.45, 2.75) is 39.2 Å². The molecule has 2 saturated heterocycles. The molecule has 1 unspecified atom stereocenters. The molecule has 0 saturated carbocycles. The molecule has 0 radical (unpaired) electrons. The maximum absolute atomic E-state index is 12.5. The third kappa shape index (κ3) is 4.12. The van der Waals surface area contributed by atoms with Crippen molar-refractivity contribution in [3.05, 3.63) is 17.5 Å². The fourth-order valence-corrected chi connectivity index (χ4v) is 3.92. The predicted octanol–water partition coefficient (Wildman–Crippen LogP) is 0.890. The van der Waals surface area contributed by atoms with Crippen LogP contribution in [0.3, 0.4) is 0 Å². The number of rotatable bonds is 4. The summed E-state index contributed by atoms with van der Waals surface area (Å²) in [6.45, 7) is 4.49. The molecule has 3 rings (SSSR count). The molecule has 2 N–H and O–H groups in total. The summed E-state index contributed by atoms with van der Waals surface area (Å²) in [6.07, 6.45) is 3.23. The van der Waals surface area contributed by atoms with E-state index in [0.717, 1.165) is 31.5 Å². The lowest BCUT2D eigenvalue weighted by Gasteiger charge is -2.48. The zero-order chi connectivity index (χ0) is 17.9. The van der Waals surface area contributed by atoms with Crippen molar-refractivity contribution in [1.29, 1.82) is 0 Å². The van der Waals surface area contributed by atoms with Gasteiger partial charge in [-0.3, -0.25) is 4.79 Å². The number of aromatic nitrogens is 1. The summed E-state index contributed by atoms with van der Waals surface area (Å²) < 4.78 is 5.11. The Kier molecular flexibility index (Phi) is 5.27. The van der Waals surface area contributed by atoms with Crippen molar-refractivity contribution in [2.24, 2.45) is 5.41 Å². The topological polar surface area (TPSA) is 98.9 Å². The lowest BCUT2D eigenvalue weighted by molar-refractivity contribution is -0.139.